The molecule has 0 amide bonds. The quantitative estimate of drug-likeness (QED) is 0.190. The minimum absolute atomic E-state index is 0.0521. The average molecular weight is 596 g/mol. The number of nitrogens with zero attached hydrogens (tertiary/aromatic N) is 3. The fourth-order valence-corrected chi connectivity index (χ4v) is 8.93. The van der Waals surface area contributed by atoms with Crippen molar-refractivity contribution < 1.29 is 0 Å². The van der Waals surface area contributed by atoms with Gasteiger partial charge in [-0.1, -0.05) is 182 Å². The first-order chi connectivity index (χ1) is 22.9. The normalized spacial score (nSPS) is 31.0. The van der Waals surface area contributed by atoms with Gasteiger partial charge in [-0.25, -0.2) is 0 Å². The summed E-state index contributed by atoms with van der Waals surface area (Å²) in [6.45, 7) is 0. The van der Waals surface area contributed by atoms with Gasteiger partial charge < -0.3 is 0 Å². The van der Waals surface area contributed by atoms with Gasteiger partial charge in [0.1, 0.15) is 0 Å². The van der Waals surface area contributed by atoms with Crippen molar-refractivity contribution in [2.24, 2.45) is 5.92 Å². The van der Waals surface area contributed by atoms with Crippen LogP contribution in [-0.4, -0.2) is 14.7 Å². The predicted octanol–water partition coefficient (Wildman–Crippen LogP) is 9.87. The van der Waals surface area contributed by atoms with Gasteiger partial charge in [-0.3, -0.25) is 14.7 Å². The fourth-order valence-electron chi connectivity index (χ4n) is 8.93. The second-order valence-electron chi connectivity index (χ2n) is 12.8. The van der Waals surface area contributed by atoms with Crippen LogP contribution in [0.15, 0.2) is 182 Å². The molecule has 4 bridgehead atoms. The lowest BCUT2D eigenvalue weighted by Crippen LogP contribution is -2.73. The molecule has 0 aromatic heterocycles. The fraction of sp³-hybridized carbons (Fsp3) is 0.163. The summed E-state index contributed by atoms with van der Waals surface area (Å²) in [5, 5.41) is 0. The summed E-state index contributed by atoms with van der Waals surface area (Å²) in [6, 6.07) is 68.2. The van der Waals surface area contributed by atoms with Crippen LogP contribution in [0.3, 0.4) is 0 Å². The highest BCUT2D eigenvalue weighted by Gasteiger charge is 2.67. The van der Waals surface area contributed by atoms with Crippen LogP contribution in [0, 0.1) is 5.92 Å². The van der Waals surface area contributed by atoms with Gasteiger partial charge in [-0.15, -0.1) is 0 Å². The summed E-state index contributed by atoms with van der Waals surface area (Å²) in [4.78, 5) is 8.55. The van der Waals surface area contributed by atoms with E-state index in [1.807, 2.05) is 0 Å². The summed E-state index contributed by atoms with van der Waals surface area (Å²) in [7, 11) is 0. The molecule has 6 aromatic carbocycles. The molecule has 0 aliphatic carbocycles. The third kappa shape index (κ3) is 4.31. The van der Waals surface area contributed by atoms with E-state index in [0.29, 0.717) is 0 Å². The monoisotopic (exact) mass is 595 g/mol. The number of benzene rings is 6. The Kier molecular flexibility index (Phi) is 6.89. The Morgan fingerprint density at radius 1 is 0.239 bits per heavy atom. The molecule has 4 aliphatic heterocycles. The highest BCUT2D eigenvalue weighted by molar-refractivity contribution is 5.41. The van der Waals surface area contributed by atoms with E-state index in [9.17, 15) is 0 Å². The lowest BCUT2D eigenvalue weighted by atomic mass is 9.66. The van der Waals surface area contributed by atoms with Crippen molar-refractivity contribution in [1.82, 2.24) is 14.7 Å². The first-order valence-electron chi connectivity index (χ1n) is 16.5. The van der Waals surface area contributed by atoms with Gasteiger partial charge in [0.15, 0.2) is 0 Å². The minimum atomic E-state index is 0.0521. The molecular weight excluding hydrogens is 558 g/mol. The van der Waals surface area contributed by atoms with Crippen LogP contribution >= 0.6 is 0 Å². The molecule has 0 saturated carbocycles. The van der Waals surface area contributed by atoms with Crippen LogP contribution in [0.5, 0.6) is 0 Å². The molecular formula is C43H37N3. The summed E-state index contributed by atoms with van der Waals surface area (Å²) < 4.78 is 0. The molecule has 3 nitrogen and oxygen atoms in total. The third-order valence-corrected chi connectivity index (χ3v) is 10.5. The van der Waals surface area contributed by atoms with Crippen molar-refractivity contribution >= 4 is 0 Å². The third-order valence-electron chi connectivity index (χ3n) is 10.5. The molecule has 3 unspecified atom stereocenters. The van der Waals surface area contributed by atoms with E-state index >= 15 is 0 Å². The van der Waals surface area contributed by atoms with Crippen molar-refractivity contribution in [3.8, 4) is 0 Å². The molecule has 0 N–H and O–H groups in total. The molecule has 4 aliphatic rings. The van der Waals surface area contributed by atoms with Crippen LogP contribution < -0.4 is 0 Å². The highest BCUT2D eigenvalue weighted by atomic mass is 15.6. The zero-order chi connectivity index (χ0) is 30.5. The summed E-state index contributed by atoms with van der Waals surface area (Å²) in [6.07, 6.45) is 0.156. The van der Waals surface area contributed by atoms with Gasteiger partial charge in [-0.05, 0) is 33.4 Å². The molecule has 4 fully saturated rings. The summed E-state index contributed by atoms with van der Waals surface area (Å²) in [5.41, 5.74) is 8.16. The van der Waals surface area contributed by atoms with Crippen LogP contribution in [0.1, 0.15) is 70.0 Å². The van der Waals surface area contributed by atoms with E-state index < -0.39 is 0 Å². The predicted molar refractivity (Wildman–Crippen MR) is 184 cm³/mol. The van der Waals surface area contributed by atoms with Crippen molar-refractivity contribution in [1.29, 1.82) is 0 Å². The molecule has 0 radical (unpaired) electrons. The minimum Gasteiger partial charge on any atom is -0.256 e. The molecule has 4 saturated heterocycles. The van der Waals surface area contributed by atoms with Crippen LogP contribution in [0.25, 0.3) is 0 Å². The Hall–Kier alpha value is -4.80. The van der Waals surface area contributed by atoms with Gasteiger partial charge in [-0.2, -0.15) is 0 Å². The molecule has 0 spiro atoms. The first-order valence-corrected chi connectivity index (χ1v) is 16.5. The Bertz CT molecular complexity index is 1490. The highest BCUT2D eigenvalue weighted by Crippen LogP contribution is 2.71. The van der Waals surface area contributed by atoms with E-state index in [-0.39, 0.29) is 42.5 Å². The summed E-state index contributed by atoms with van der Waals surface area (Å²) in [5.74, 6) is 0.270. The largest absolute Gasteiger partial charge is 0.256 e. The number of hydrogen-bond donors (Lipinski definition) is 0. The van der Waals surface area contributed by atoms with E-state index in [1.54, 1.807) is 0 Å². The topological polar surface area (TPSA) is 9.72 Å². The first kappa shape index (κ1) is 27.5. The Morgan fingerprint density at radius 3 is 0.652 bits per heavy atom. The maximum absolute atomic E-state index is 2.85. The smallest absolute Gasteiger partial charge is 0.0926 e. The average Bonchev–Trinajstić information content (AvgIpc) is 3.14. The molecule has 4 heterocycles. The Balaban J connectivity index is 1.40. The molecule has 3 heteroatoms. The van der Waals surface area contributed by atoms with E-state index in [0.717, 1.165) is 0 Å². The maximum Gasteiger partial charge on any atom is 0.0926 e. The van der Waals surface area contributed by atoms with Gasteiger partial charge in [0.05, 0.1) is 18.5 Å². The van der Waals surface area contributed by atoms with Crippen LogP contribution in [-0.2, 0) is 0 Å². The lowest BCUT2D eigenvalue weighted by Gasteiger charge is -2.74. The zero-order valence-corrected chi connectivity index (χ0v) is 25.7. The molecule has 10 rings (SSSR count). The summed E-state index contributed by atoms with van der Waals surface area (Å²) >= 11 is 0. The van der Waals surface area contributed by atoms with E-state index in [1.165, 1.54) is 33.4 Å². The molecule has 3 atom stereocenters. The van der Waals surface area contributed by atoms with Gasteiger partial charge in [0.25, 0.3) is 0 Å². The van der Waals surface area contributed by atoms with E-state index in [2.05, 4.69) is 197 Å². The second-order valence-corrected chi connectivity index (χ2v) is 12.8. The molecule has 224 valence electrons. The molecule has 6 aromatic rings. The van der Waals surface area contributed by atoms with Crippen LogP contribution in [0.4, 0.5) is 0 Å². The Labute approximate surface area is 272 Å². The van der Waals surface area contributed by atoms with Crippen molar-refractivity contribution in [2.45, 2.75) is 36.6 Å². The van der Waals surface area contributed by atoms with Gasteiger partial charge in [0.2, 0.25) is 0 Å². The zero-order valence-electron chi connectivity index (χ0n) is 25.7. The van der Waals surface area contributed by atoms with Crippen molar-refractivity contribution in [3.05, 3.63) is 215 Å². The number of rotatable bonds is 6. The second kappa shape index (κ2) is 11.5. The number of hydrogen-bond acceptors (Lipinski definition) is 3. The standard InChI is InChI=1S/C43H37N3/c1-7-19-31(20-8-1)38-37-39(32-21-9-2-10-22-32)45-41(34-25-13-4-14-26-34)44(38)42(35-27-15-5-16-28-35)46(40(37)33-23-11-3-12-24-33)43(45)36-29-17-6-18-30-36/h1-30,37-43H. The molecule has 46 heavy (non-hydrogen) atoms. The maximum atomic E-state index is 2.85. The van der Waals surface area contributed by atoms with E-state index in [4.69, 9.17) is 0 Å². The van der Waals surface area contributed by atoms with Gasteiger partial charge in [0, 0.05) is 24.0 Å². The Morgan fingerprint density at radius 2 is 0.435 bits per heavy atom. The van der Waals surface area contributed by atoms with Crippen LogP contribution in [0.2, 0.25) is 0 Å². The SMILES string of the molecule is c1ccc(C2C3C(c4ccccc4)N4C(c5ccccc5)N2C(c2ccccc2)N(C3c2ccccc2)C4c2ccccc2)cc1. The lowest BCUT2D eigenvalue weighted by molar-refractivity contribution is -0.331. The van der Waals surface area contributed by atoms with Crippen molar-refractivity contribution in [3.63, 3.8) is 0 Å². The van der Waals surface area contributed by atoms with Gasteiger partial charge >= 0.3 is 0 Å². The van der Waals surface area contributed by atoms with Crippen molar-refractivity contribution in [2.75, 3.05) is 0 Å².